The van der Waals surface area contributed by atoms with Crippen LogP contribution in [0.15, 0.2) is 46.9 Å². The van der Waals surface area contributed by atoms with Gasteiger partial charge in [0.15, 0.2) is 0 Å². The van der Waals surface area contributed by atoms with E-state index in [0.29, 0.717) is 5.56 Å². The van der Waals surface area contributed by atoms with Crippen LogP contribution < -0.4 is 5.32 Å². The average molecular weight is 340 g/mol. The molecule has 0 heterocycles. The van der Waals surface area contributed by atoms with Gasteiger partial charge in [0.05, 0.1) is 16.1 Å². The van der Waals surface area contributed by atoms with Crippen LogP contribution in [-0.4, -0.2) is 5.91 Å². The van der Waals surface area contributed by atoms with Crippen molar-refractivity contribution in [3.05, 3.63) is 69.7 Å². The molecule has 0 aliphatic heterocycles. The zero-order valence-electron chi connectivity index (χ0n) is 10.7. The lowest BCUT2D eigenvalue weighted by molar-refractivity contribution is 0.0938. The van der Waals surface area contributed by atoms with E-state index in [4.69, 9.17) is 0 Å². The number of amides is 1. The number of benzene rings is 2. The number of hydrogen-bond donors (Lipinski definition) is 1. The maximum Gasteiger partial charge on any atom is 0.253 e. The quantitative estimate of drug-likeness (QED) is 0.891. The van der Waals surface area contributed by atoms with Gasteiger partial charge >= 0.3 is 0 Å². The summed E-state index contributed by atoms with van der Waals surface area (Å²) in [7, 11) is 0. The van der Waals surface area contributed by atoms with Gasteiger partial charge < -0.3 is 5.32 Å². The molecule has 2 rings (SSSR count). The standard InChI is InChI=1S/C15H12BrF2NO/c1-9(10-5-2-3-7-12(10)17)19-15(20)11-6-4-8-13(18)14(11)16/h2-9H,1H3,(H,19,20). The summed E-state index contributed by atoms with van der Waals surface area (Å²) in [6.45, 7) is 1.67. The number of carbonyl (C=O) groups is 1. The summed E-state index contributed by atoms with van der Waals surface area (Å²) >= 11 is 3.03. The second kappa shape index (κ2) is 6.13. The maximum atomic E-state index is 13.6. The fourth-order valence-electron chi connectivity index (χ4n) is 1.86. The van der Waals surface area contributed by atoms with E-state index in [1.165, 1.54) is 24.3 Å². The van der Waals surface area contributed by atoms with Crippen molar-refractivity contribution in [2.24, 2.45) is 0 Å². The highest BCUT2D eigenvalue weighted by Crippen LogP contribution is 2.22. The van der Waals surface area contributed by atoms with Crippen molar-refractivity contribution in [1.82, 2.24) is 5.32 Å². The normalized spacial score (nSPS) is 12.0. The van der Waals surface area contributed by atoms with Gasteiger partial charge in [0.1, 0.15) is 11.6 Å². The van der Waals surface area contributed by atoms with Crippen LogP contribution in [0.25, 0.3) is 0 Å². The molecule has 0 saturated heterocycles. The van der Waals surface area contributed by atoms with Crippen molar-refractivity contribution >= 4 is 21.8 Å². The van der Waals surface area contributed by atoms with Crippen LogP contribution >= 0.6 is 15.9 Å². The highest BCUT2D eigenvalue weighted by Gasteiger charge is 2.17. The van der Waals surface area contributed by atoms with Gasteiger partial charge in [-0.25, -0.2) is 8.78 Å². The van der Waals surface area contributed by atoms with Gasteiger partial charge in [-0.15, -0.1) is 0 Å². The van der Waals surface area contributed by atoms with Gasteiger partial charge in [0.2, 0.25) is 0 Å². The zero-order valence-corrected chi connectivity index (χ0v) is 12.2. The second-order valence-corrected chi connectivity index (χ2v) is 5.11. The smallest absolute Gasteiger partial charge is 0.253 e. The molecule has 0 radical (unpaired) electrons. The number of hydrogen-bond acceptors (Lipinski definition) is 1. The van der Waals surface area contributed by atoms with Crippen LogP contribution in [0.4, 0.5) is 8.78 Å². The molecule has 5 heteroatoms. The predicted octanol–water partition coefficient (Wildman–Crippen LogP) is 4.22. The molecule has 2 nitrogen and oxygen atoms in total. The van der Waals surface area contributed by atoms with Crippen molar-refractivity contribution in [2.75, 3.05) is 0 Å². The van der Waals surface area contributed by atoms with Gasteiger partial charge in [-0.2, -0.15) is 0 Å². The van der Waals surface area contributed by atoms with Gasteiger partial charge in [-0.1, -0.05) is 24.3 Å². The molecule has 0 aromatic heterocycles. The Morgan fingerprint density at radius 3 is 2.45 bits per heavy atom. The molecule has 2 aromatic rings. The topological polar surface area (TPSA) is 29.1 Å². The zero-order chi connectivity index (χ0) is 14.7. The van der Waals surface area contributed by atoms with Crippen LogP contribution in [0, 0.1) is 11.6 Å². The third-order valence-electron chi connectivity index (χ3n) is 2.92. The minimum atomic E-state index is -0.517. The number of halogens is 3. The third-order valence-corrected chi connectivity index (χ3v) is 3.72. The average Bonchev–Trinajstić information content (AvgIpc) is 2.42. The summed E-state index contributed by atoms with van der Waals surface area (Å²) in [5, 5.41) is 2.65. The fourth-order valence-corrected chi connectivity index (χ4v) is 2.30. The molecule has 1 atom stereocenters. The molecule has 0 spiro atoms. The molecule has 0 fully saturated rings. The highest BCUT2D eigenvalue weighted by molar-refractivity contribution is 9.10. The maximum absolute atomic E-state index is 13.6. The Hall–Kier alpha value is -1.75. The van der Waals surface area contributed by atoms with Crippen molar-refractivity contribution in [3.63, 3.8) is 0 Å². The SMILES string of the molecule is CC(NC(=O)c1cccc(F)c1Br)c1ccccc1F. The van der Waals surface area contributed by atoms with Crippen LogP contribution in [-0.2, 0) is 0 Å². The van der Waals surface area contributed by atoms with E-state index in [9.17, 15) is 13.6 Å². The van der Waals surface area contributed by atoms with Gasteiger partial charge in [0.25, 0.3) is 5.91 Å². The number of rotatable bonds is 3. The number of nitrogens with one attached hydrogen (secondary N) is 1. The van der Waals surface area contributed by atoms with Crippen LogP contribution in [0.2, 0.25) is 0 Å². The fraction of sp³-hybridized carbons (Fsp3) is 0.133. The summed E-state index contributed by atoms with van der Waals surface area (Å²) in [5.41, 5.74) is 0.557. The summed E-state index contributed by atoms with van der Waals surface area (Å²) in [6, 6.07) is 9.88. The molecular weight excluding hydrogens is 328 g/mol. The van der Waals surface area contributed by atoms with E-state index in [1.54, 1.807) is 25.1 Å². The lowest BCUT2D eigenvalue weighted by Crippen LogP contribution is -2.27. The van der Waals surface area contributed by atoms with E-state index in [0.717, 1.165) is 0 Å². The van der Waals surface area contributed by atoms with Crippen LogP contribution in [0.5, 0.6) is 0 Å². The van der Waals surface area contributed by atoms with Crippen LogP contribution in [0.1, 0.15) is 28.9 Å². The molecule has 1 N–H and O–H groups in total. The lowest BCUT2D eigenvalue weighted by Gasteiger charge is -2.15. The van der Waals surface area contributed by atoms with Gasteiger partial charge in [0, 0.05) is 5.56 Å². The second-order valence-electron chi connectivity index (χ2n) is 4.32. The van der Waals surface area contributed by atoms with E-state index < -0.39 is 23.6 Å². The Bertz CT molecular complexity index is 646. The molecule has 0 aliphatic carbocycles. The Morgan fingerprint density at radius 2 is 1.75 bits per heavy atom. The highest BCUT2D eigenvalue weighted by atomic mass is 79.9. The first-order valence-electron chi connectivity index (χ1n) is 6.00. The molecular formula is C15H12BrF2NO. The monoisotopic (exact) mass is 339 g/mol. The summed E-state index contributed by atoms with van der Waals surface area (Å²) in [6.07, 6.45) is 0. The van der Waals surface area contributed by atoms with Crippen molar-refractivity contribution < 1.29 is 13.6 Å². The van der Waals surface area contributed by atoms with Crippen molar-refractivity contribution in [2.45, 2.75) is 13.0 Å². The molecule has 1 unspecified atom stereocenters. The minimum absolute atomic E-state index is 0.0956. The Balaban J connectivity index is 2.20. The summed E-state index contributed by atoms with van der Waals surface area (Å²) in [4.78, 5) is 12.1. The van der Waals surface area contributed by atoms with E-state index in [2.05, 4.69) is 21.2 Å². The predicted molar refractivity (Wildman–Crippen MR) is 76.4 cm³/mol. The van der Waals surface area contributed by atoms with Gasteiger partial charge in [-0.05, 0) is 41.1 Å². The number of carbonyl (C=O) groups excluding carboxylic acids is 1. The third kappa shape index (κ3) is 3.04. The molecule has 0 saturated carbocycles. The van der Waals surface area contributed by atoms with Crippen molar-refractivity contribution in [1.29, 1.82) is 0 Å². The molecule has 1 amide bonds. The molecule has 20 heavy (non-hydrogen) atoms. The minimum Gasteiger partial charge on any atom is -0.345 e. The first-order valence-corrected chi connectivity index (χ1v) is 6.79. The molecule has 2 aromatic carbocycles. The first kappa shape index (κ1) is 14.7. The molecule has 104 valence electrons. The Kier molecular flexibility index (Phi) is 4.49. The van der Waals surface area contributed by atoms with Crippen LogP contribution in [0.3, 0.4) is 0 Å². The molecule has 0 bridgehead atoms. The van der Waals surface area contributed by atoms with E-state index in [1.807, 2.05) is 0 Å². The lowest BCUT2D eigenvalue weighted by atomic mass is 10.1. The summed E-state index contributed by atoms with van der Waals surface area (Å²) in [5.74, 6) is -1.37. The van der Waals surface area contributed by atoms with E-state index in [-0.39, 0.29) is 10.0 Å². The van der Waals surface area contributed by atoms with Gasteiger partial charge in [-0.3, -0.25) is 4.79 Å². The molecule has 0 aliphatic rings. The summed E-state index contributed by atoms with van der Waals surface area (Å²) < 4.78 is 27.1. The first-order chi connectivity index (χ1) is 9.50. The Morgan fingerprint density at radius 1 is 1.10 bits per heavy atom. The van der Waals surface area contributed by atoms with Crippen molar-refractivity contribution in [3.8, 4) is 0 Å². The van der Waals surface area contributed by atoms with E-state index >= 15 is 0 Å². The largest absolute Gasteiger partial charge is 0.345 e. The Labute approximate surface area is 123 Å².